The molecule has 2 nitrogen and oxygen atoms in total. The highest BCUT2D eigenvalue weighted by Crippen LogP contribution is 2.22. The fourth-order valence-corrected chi connectivity index (χ4v) is 2.79. The van der Waals surface area contributed by atoms with Crippen LogP contribution >= 0.6 is 23.2 Å². The standard InChI is InChI=1S/C17H25Cl2NO/c1-2-3-4-5-6-7-8-9-10-17(21)20-16-12-14(18)11-15(19)13-16/h11-13H,2-10H2,1H3,(H,20,21). The van der Waals surface area contributed by atoms with Gasteiger partial charge in [0.05, 0.1) is 0 Å². The van der Waals surface area contributed by atoms with Gasteiger partial charge in [0, 0.05) is 22.2 Å². The highest BCUT2D eigenvalue weighted by atomic mass is 35.5. The van der Waals surface area contributed by atoms with Gasteiger partial charge in [-0.3, -0.25) is 4.79 Å². The number of hydrogen-bond donors (Lipinski definition) is 1. The van der Waals surface area contributed by atoms with Crippen molar-refractivity contribution in [2.24, 2.45) is 0 Å². The lowest BCUT2D eigenvalue weighted by molar-refractivity contribution is -0.116. The molecule has 1 amide bonds. The molecule has 0 atom stereocenters. The first-order chi connectivity index (χ1) is 10.1. The van der Waals surface area contributed by atoms with Gasteiger partial charge in [-0.1, -0.05) is 75.1 Å². The molecule has 0 saturated carbocycles. The molecule has 1 aromatic rings. The van der Waals surface area contributed by atoms with Crippen LogP contribution in [0, 0.1) is 0 Å². The second kappa shape index (κ2) is 10.9. The van der Waals surface area contributed by atoms with E-state index >= 15 is 0 Å². The van der Waals surface area contributed by atoms with E-state index < -0.39 is 0 Å². The summed E-state index contributed by atoms with van der Waals surface area (Å²) >= 11 is 11.8. The SMILES string of the molecule is CCCCCCCCCCC(=O)Nc1cc(Cl)cc(Cl)c1. The molecule has 0 fully saturated rings. The second-order valence-corrected chi connectivity index (χ2v) is 6.30. The van der Waals surface area contributed by atoms with Crippen molar-refractivity contribution in [3.8, 4) is 0 Å². The van der Waals surface area contributed by atoms with Crippen molar-refractivity contribution < 1.29 is 4.79 Å². The third-order valence-corrected chi connectivity index (χ3v) is 3.84. The maximum atomic E-state index is 11.8. The summed E-state index contributed by atoms with van der Waals surface area (Å²) in [5, 5.41) is 3.90. The number of halogens is 2. The second-order valence-electron chi connectivity index (χ2n) is 5.43. The average Bonchev–Trinajstić information content (AvgIpc) is 2.40. The van der Waals surface area contributed by atoms with Gasteiger partial charge < -0.3 is 5.32 Å². The predicted molar refractivity (Wildman–Crippen MR) is 92.3 cm³/mol. The van der Waals surface area contributed by atoms with Gasteiger partial charge in [-0.2, -0.15) is 0 Å². The molecule has 0 aliphatic rings. The van der Waals surface area contributed by atoms with E-state index in [1.54, 1.807) is 18.2 Å². The summed E-state index contributed by atoms with van der Waals surface area (Å²) in [6.07, 6.45) is 10.4. The van der Waals surface area contributed by atoms with Crippen LogP contribution in [0.1, 0.15) is 64.7 Å². The van der Waals surface area contributed by atoms with Gasteiger partial charge in [0.1, 0.15) is 0 Å². The Morgan fingerprint density at radius 3 is 2.00 bits per heavy atom. The lowest BCUT2D eigenvalue weighted by Crippen LogP contribution is -2.11. The van der Waals surface area contributed by atoms with E-state index in [1.165, 1.54) is 38.5 Å². The van der Waals surface area contributed by atoms with Crippen LogP contribution in [-0.4, -0.2) is 5.91 Å². The smallest absolute Gasteiger partial charge is 0.224 e. The van der Waals surface area contributed by atoms with Crippen molar-refractivity contribution in [1.82, 2.24) is 0 Å². The monoisotopic (exact) mass is 329 g/mol. The first kappa shape index (κ1) is 18.3. The molecular weight excluding hydrogens is 305 g/mol. The maximum absolute atomic E-state index is 11.8. The number of rotatable bonds is 10. The van der Waals surface area contributed by atoms with E-state index in [1.807, 2.05) is 0 Å². The molecule has 0 saturated heterocycles. The van der Waals surface area contributed by atoms with Gasteiger partial charge >= 0.3 is 0 Å². The molecule has 0 unspecified atom stereocenters. The minimum absolute atomic E-state index is 0.0271. The number of unbranched alkanes of at least 4 members (excludes halogenated alkanes) is 7. The molecule has 0 aromatic heterocycles. The Labute approximate surface area is 138 Å². The summed E-state index contributed by atoms with van der Waals surface area (Å²) in [6.45, 7) is 2.23. The number of benzene rings is 1. The molecule has 1 rings (SSSR count). The number of nitrogens with one attached hydrogen (secondary N) is 1. The molecule has 1 N–H and O–H groups in total. The molecule has 0 radical (unpaired) electrons. The van der Waals surface area contributed by atoms with Crippen molar-refractivity contribution in [1.29, 1.82) is 0 Å². The number of carbonyl (C=O) groups is 1. The fourth-order valence-electron chi connectivity index (χ4n) is 2.27. The molecule has 118 valence electrons. The van der Waals surface area contributed by atoms with Crippen molar-refractivity contribution >= 4 is 34.8 Å². The Balaban J connectivity index is 2.11. The van der Waals surface area contributed by atoms with E-state index in [0.29, 0.717) is 22.2 Å². The predicted octanol–water partition coefficient (Wildman–Crippen LogP) is 6.46. The van der Waals surface area contributed by atoms with E-state index in [2.05, 4.69) is 12.2 Å². The molecule has 0 aliphatic heterocycles. The van der Waals surface area contributed by atoms with Crippen molar-refractivity contribution in [2.45, 2.75) is 64.7 Å². The van der Waals surface area contributed by atoms with Crippen LogP contribution < -0.4 is 5.32 Å². The Bertz CT molecular complexity index is 415. The third kappa shape index (κ3) is 9.00. The van der Waals surface area contributed by atoms with Gasteiger partial charge in [0.15, 0.2) is 0 Å². The van der Waals surface area contributed by atoms with Crippen LogP contribution in [0.4, 0.5) is 5.69 Å². The zero-order chi connectivity index (χ0) is 15.5. The Morgan fingerprint density at radius 1 is 0.905 bits per heavy atom. The quantitative estimate of drug-likeness (QED) is 0.490. The first-order valence-corrected chi connectivity index (χ1v) is 8.63. The minimum Gasteiger partial charge on any atom is -0.326 e. The topological polar surface area (TPSA) is 29.1 Å². The van der Waals surface area contributed by atoms with E-state index in [0.717, 1.165) is 12.8 Å². The number of hydrogen-bond acceptors (Lipinski definition) is 1. The zero-order valence-corrected chi connectivity index (χ0v) is 14.3. The Morgan fingerprint density at radius 2 is 1.43 bits per heavy atom. The summed E-state index contributed by atoms with van der Waals surface area (Å²) in [6, 6.07) is 5.06. The lowest BCUT2D eigenvalue weighted by Gasteiger charge is -2.06. The normalized spacial score (nSPS) is 10.6. The highest BCUT2D eigenvalue weighted by Gasteiger charge is 2.04. The van der Waals surface area contributed by atoms with Gasteiger partial charge in [-0.05, 0) is 24.6 Å². The van der Waals surface area contributed by atoms with Crippen LogP contribution in [-0.2, 0) is 4.79 Å². The summed E-state index contributed by atoms with van der Waals surface area (Å²) < 4.78 is 0. The van der Waals surface area contributed by atoms with Gasteiger partial charge in [-0.15, -0.1) is 0 Å². The fraction of sp³-hybridized carbons (Fsp3) is 0.588. The lowest BCUT2D eigenvalue weighted by atomic mass is 10.1. The van der Waals surface area contributed by atoms with Crippen LogP contribution in [0.15, 0.2) is 18.2 Å². The van der Waals surface area contributed by atoms with Crippen LogP contribution in [0.5, 0.6) is 0 Å². The number of amides is 1. The van der Waals surface area contributed by atoms with E-state index in [-0.39, 0.29) is 5.91 Å². The van der Waals surface area contributed by atoms with Crippen LogP contribution in [0.2, 0.25) is 10.0 Å². The summed E-state index contributed by atoms with van der Waals surface area (Å²) in [7, 11) is 0. The zero-order valence-electron chi connectivity index (χ0n) is 12.8. The summed E-state index contributed by atoms with van der Waals surface area (Å²) in [5.74, 6) is 0.0271. The number of anilines is 1. The highest BCUT2D eigenvalue weighted by molar-refractivity contribution is 6.35. The molecule has 4 heteroatoms. The van der Waals surface area contributed by atoms with Crippen LogP contribution in [0.3, 0.4) is 0 Å². The summed E-state index contributed by atoms with van der Waals surface area (Å²) in [5.41, 5.74) is 0.664. The van der Waals surface area contributed by atoms with Gasteiger partial charge in [0.2, 0.25) is 5.91 Å². The van der Waals surface area contributed by atoms with E-state index in [4.69, 9.17) is 23.2 Å². The molecule has 0 bridgehead atoms. The maximum Gasteiger partial charge on any atom is 0.224 e. The van der Waals surface area contributed by atoms with Crippen molar-refractivity contribution in [3.63, 3.8) is 0 Å². The third-order valence-electron chi connectivity index (χ3n) is 3.40. The van der Waals surface area contributed by atoms with Gasteiger partial charge in [0.25, 0.3) is 0 Å². The van der Waals surface area contributed by atoms with Crippen LogP contribution in [0.25, 0.3) is 0 Å². The van der Waals surface area contributed by atoms with Gasteiger partial charge in [-0.25, -0.2) is 0 Å². The number of carbonyl (C=O) groups excluding carboxylic acids is 1. The first-order valence-electron chi connectivity index (χ1n) is 7.87. The summed E-state index contributed by atoms with van der Waals surface area (Å²) in [4.78, 5) is 11.8. The molecule has 0 heterocycles. The molecule has 1 aromatic carbocycles. The molecule has 21 heavy (non-hydrogen) atoms. The Kier molecular flexibility index (Phi) is 9.53. The molecule has 0 spiro atoms. The van der Waals surface area contributed by atoms with Crippen molar-refractivity contribution in [3.05, 3.63) is 28.2 Å². The van der Waals surface area contributed by atoms with Crippen molar-refractivity contribution in [2.75, 3.05) is 5.32 Å². The molecule has 0 aliphatic carbocycles. The van der Waals surface area contributed by atoms with E-state index in [9.17, 15) is 4.79 Å². The Hall–Kier alpha value is -0.730. The largest absolute Gasteiger partial charge is 0.326 e. The minimum atomic E-state index is 0.0271. The average molecular weight is 330 g/mol. The molecular formula is C17H25Cl2NO.